The maximum absolute atomic E-state index is 13.1. The third-order valence-electron chi connectivity index (χ3n) is 6.65. The molecule has 0 aliphatic carbocycles. The number of nitrogens with zero attached hydrogens (tertiary/aromatic N) is 2. The Morgan fingerprint density at radius 1 is 1.14 bits per heavy atom. The first-order chi connectivity index (χ1) is 16.4. The Morgan fingerprint density at radius 2 is 1.77 bits per heavy atom. The van der Waals surface area contributed by atoms with Crippen LogP contribution < -0.4 is 5.32 Å². The number of ether oxygens (including phenoxy) is 1. The van der Waals surface area contributed by atoms with Crippen molar-refractivity contribution in [2.75, 3.05) is 40.3 Å². The fourth-order valence-electron chi connectivity index (χ4n) is 4.70. The van der Waals surface area contributed by atoms with Gasteiger partial charge in [0.15, 0.2) is 0 Å². The number of rotatable bonds is 11. The molecular weight excluding hydrogens is 486 g/mol. The van der Waals surface area contributed by atoms with Crippen LogP contribution >= 0.6 is 12.4 Å². The first kappa shape index (κ1) is 29.3. The second-order valence-electron chi connectivity index (χ2n) is 8.85. The molecule has 3 rings (SSSR count). The zero-order chi connectivity index (χ0) is 24.6. The number of sulfonamides is 1. The van der Waals surface area contributed by atoms with Crippen molar-refractivity contribution in [2.45, 2.75) is 43.2 Å². The molecule has 3 atom stereocenters. The standard InChI is InChI=1S/C26H37N3O4S.ClH/c1-4-27-25-19-22(26(30)33-3)15-17-29(25)18-16-23(21-11-7-5-8-12-21)20-28(2)34(31,32)24-13-9-6-10-14-24;/h5-14,22-23,25,27H,4,15-20H2,1-3H3;1H/t22?,23-,25-;/m0./s1. The van der Waals surface area contributed by atoms with Gasteiger partial charge in [-0.25, -0.2) is 12.7 Å². The van der Waals surface area contributed by atoms with Gasteiger partial charge < -0.3 is 10.1 Å². The quantitative estimate of drug-likeness (QED) is 0.452. The molecule has 0 amide bonds. The Balaban J connectivity index is 0.00000432. The topological polar surface area (TPSA) is 79.0 Å². The highest BCUT2D eigenvalue weighted by Crippen LogP contribution is 2.27. The van der Waals surface area contributed by atoms with E-state index < -0.39 is 10.0 Å². The normalized spacial score (nSPS) is 19.7. The second kappa shape index (κ2) is 13.9. The molecule has 0 radical (unpaired) electrons. The summed E-state index contributed by atoms with van der Waals surface area (Å²) in [5.41, 5.74) is 1.13. The number of nitrogens with one attached hydrogen (secondary N) is 1. The summed E-state index contributed by atoms with van der Waals surface area (Å²) in [5.74, 6) is -0.180. The molecule has 1 unspecified atom stereocenters. The Morgan fingerprint density at radius 3 is 2.37 bits per heavy atom. The Kier molecular flexibility index (Phi) is 11.7. The van der Waals surface area contributed by atoms with E-state index in [0.29, 0.717) is 11.4 Å². The van der Waals surface area contributed by atoms with Gasteiger partial charge in [0.1, 0.15) is 0 Å². The molecule has 35 heavy (non-hydrogen) atoms. The van der Waals surface area contributed by atoms with E-state index in [4.69, 9.17) is 4.74 Å². The number of esters is 1. The number of hydrogen-bond donors (Lipinski definition) is 1. The minimum Gasteiger partial charge on any atom is -0.469 e. The average Bonchev–Trinajstić information content (AvgIpc) is 2.87. The second-order valence-corrected chi connectivity index (χ2v) is 10.9. The fourth-order valence-corrected chi connectivity index (χ4v) is 5.94. The number of carbonyl (C=O) groups is 1. The highest BCUT2D eigenvalue weighted by atomic mass is 35.5. The third kappa shape index (κ3) is 7.75. The molecule has 2 aromatic rings. The fraction of sp³-hybridized carbons (Fsp3) is 0.500. The Labute approximate surface area is 216 Å². The van der Waals surface area contributed by atoms with Gasteiger partial charge in [-0.2, -0.15) is 0 Å². The summed E-state index contributed by atoms with van der Waals surface area (Å²) in [6.07, 6.45) is 2.40. The SMILES string of the molecule is CCN[C@@H]1CC(C(=O)OC)CCN1CC[C@@H](CN(C)S(=O)(=O)c1ccccc1)c1ccccc1.Cl. The number of hydrogen-bond acceptors (Lipinski definition) is 6. The van der Waals surface area contributed by atoms with E-state index in [9.17, 15) is 13.2 Å². The lowest BCUT2D eigenvalue weighted by atomic mass is 9.92. The number of methoxy groups -OCH3 is 1. The van der Waals surface area contributed by atoms with E-state index in [0.717, 1.165) is 44.5 Å². The van der Waals surface area contributed by atoms with Gasteiger partial charge in [-0.05, 0) is 49.4 Å². The largest absolute Gasteiger partial charge is 0.469 e. The van der Waals surface area contributed by atoms with Crippen molar-refractivity contribution in [3.05, 3.63) is 66.2 Å². The Hall–Kier alpha value is -1.97. The van der Waals surface area contributed by atoms with Crippen molar-refractivity contribution in [3.63, 3.8) is 0 Å². The van der Waals surface area contributed by atoms with E-state index in [2.05, 4.69) is 29.3 Å². The van der Waals surface area contributed by atoms with Crippen LogP contribution in [0.2, 0.25) is 0 Å². The molecule has 7 nitrogen and oxygen atoms in total. The summed E-state index contributed by atoms with van der Waals surface area (Å²) >= 11 is 0. The van der Waals surface area contributed by atoms with Crippen LogP contribution in [0.1, 0.15) is 37.7 Å². The average molecular weight is 524 g/mol. The summed E-state index contributed by atoms with van der Waals surface area (Å²) in [6.45, 7) is 4.89. The van der Waals surface area contributed by atoms with E-state index >= 15 is 0 Å². The van der Waals surface area contributed by atoms with Crippen LogP contribution in [0.5, 0.6) is 0 Å². The lowest BCUT2D eigenvalue weighted by Gasteiger charge is -2.39. The molecule has 1 N–H and O–H groups in total. The monoisotopic (exact) mass is 523 g/mol. The van der Waals surface area contributed by atoms with Gasteiger partial charge in [-0.1, -0.05) is 55.5 Å². The number of benzene rings is 2. The summed E-state index contributed by atoms with van der Waals surface area (Å²) < 4.78 is 32.7. The van der Waals surface area contributed by atoms with Crippen LogP contribution in [0.3, 0.4) is 0 Å². The molecule has 0 saturated carbocycles. The molecule has 1 fully saturated rings. The summed E-state index contributed by atoms with van der Waals surface area (Å²) in [5, 5.41) is 3.51. The smallest absolute Gasteiger partial charge is 0.308 e. The van der Waals surface area contributed by atoms with Crippen molar-refractivity contribution in [1.82, 2.24) is 14.5 Å². The Bertz CT molecular complexity index is 1010. The van der Waals surface area contributed by atoms with E-state index in [1.54, 1.807) is 31.3 Å². The van der Waals surface area contributed by atoms with Crippen LogP contribution in [0.25, 0.3) is 0 Å². The zero-order valence-corrected chi connectivity index (χ0v) is 22.4. The number of likely N-dealkylation sites (tertiary alicyclic amines) is 1. The minimum absolute atomic E-state index is 0. The van der Waals surface area contributed by atoms with Crippen molar-refractivity contribution in [1.29, 1.82) is 0 Å². The van der Waals surface area contributed by atoms with Gasteiger partial charge in [-0.15, -0.1) is 12.4 Å². The van der Waals surface area contributed by atoms with E-state index in [-0.39, 0.29) is 36.4 Å². The van der Waals surface area contributed by atoms with Crippen molar-refractivity contribution < 1.29 is 17.9 Å². The van der Waals surface area contributed by atoms with Gasteiger partial charge in [0.2, 0.25) is 10.0 Å². The molecule has 1 aliphatic heterocycles. The van der Waals surface area contributed by atoms with E-state index in [1.807, 2.05) is 24.3 Å². The molecule has 194 valence electrons. The maximum Gasteiger partial charge on any atom is 0.308 e. The first-order valence-corrected chi connectivity index (χ1v) is 13.4. The van der Waals surface area contributed by atoms with Crippen LogP contribution in [-0.2, 0) is 19.6 Å². The molecule has 1 aliphatic rings. The van der Waals surface area contributed by atoms with Gasteiger partial charge in [0, 0.05) is 26.7 Å². The third-order valence-corrected chi connectivity index (χ3v) is 8.49. The molecule has 1 heterocycles. The molecule has 9 heteroatoms. The predicted octanol–water partition coefficient (Wildman–Crippen LogP) is 3.72. The van der Waals surface area contributed by atoms with E-state index in [1.165, 1.54) is 11.4 Å². The highest BCUT2D eigenvalue weighted by Gasteiger charge is 2.33. The van der Waals surface area contributed by atoms with Crippen LogP contribution in [0.15, 0.2) is 65.6 Å². The van der Waals surface area contributed by atoms with Crippen molar-refractivity contribution >= 4 is 28.4 Å². The summed E-state index contributed by atoms with van der Waals surface area (Å²) in [4.78, 5) is 14.8. The van der Waals surface area contributed by atoms with Crippen LogP contribution in [-0.4, -0.2) is 70.1 Å². The molecule has 0 spiro atoms. The molecule has 1 saturated heterocycles. The van der Waals surface area contributed by atoms with Crippen molar-refractivity contribution in [2.24, 2.45) is 5.92 Å². The molecule has 2 aromatic carbocycles. The van der Waals surface area contributed by atoms with Gasteiger partial charge in [0.25, 0.3) is 0 Å². The maximum atomic E-state index is 13.1. The summed E-state index contributed by atoms with van der Waals surface area (Å²) in [7, 11) is -0.468. The number of halogens is 1. The zero-order valence-electron chi connectivity index (χ0n) is 20.8. The lowest BCUT2D eigenvalue weighted by molar-refractivity contribution is -0.148. The highest BCUT2D eigenvalue weighted by molar-refractivity contribution is 7.89. The molecule has 0 aromatic heterocycles. The van der Waals surface area contributed by atoms with Crippen molar-refractivity contribution in [3.8, 4) is 0 Å². The van der Waals surface area contributed by atoms with Crippen LogP contribution in [0, 0.1) is 5.92 Å². The molecular formula is C26H38ClN3O4S. The molecule has 0 bridgehead atoms. The minimum atomic E-state index is -3.57. The van der Waals surface area contributed by atoms with Gasteiger partial charge in [-0.3, -0.25) is 9.69 Å². The van der Waals surface area contributed by atoms with Gasteiger partial charge in [0.05, 0.1) is 24.1 Å². The first-order valence-electron chi connectivity index (χ1n) is 12.0. The van der Waals surface area contributed by atoms with Gasteiger partial charge >= 0.3 is 5.97 Å². The number of likely N-dealkylation sites (N-methyl/N-ethyl adjacent to an activating group) is 1. The number of carbonyl (C=O) groups excluding carboxylic acids is 1. The lowest BCUT2D eigenvalue weighted by Crippen LogP contribution is -2.52. The predicted molar refractivity (Wildman–Crippen MR) is 141 cm³/mol. The van der Waals surface area contributed by atoms with Crippen LogP contribution in [0.4, 0.5) is 0 Å². The number of piperidine rings is 1. The summed E-state index contributed by atoms with van der Waals surface area (Å²) in [6, 6.07) is 18.7.